The molecule has 3 aliphatic rings. The lowest BCUT2D eigenvalue weighted by Gasteiger charge is -2.34. The van der Waals surface area contributed by atoms with Crippen molar-refractivity contribution >= 4 is 23.8 Å². The molecule has 0 aliphatic carbocycles. The van der Waals surface area contributed by atoms with Gasteiger partial charge in [0.15, 0.2) is 0 Å². The quantitative estimate of drug-likeness (QED) is 0.305. The predicted octanol–water partition coefficient (Wildman–Crippen LogP) is 5.42. The summed E-state index contributed by atoms with van der Waals surface area (Å²) in [5, 5.41) is 21.8. The summed E-state index contributed by atoms with van der Waals surface area (Å²) in [7, 11) is 1.75. The van der Waals surface area contributed by atoms with Gasteiger partial charge in [0.1, 0.15) is 12.6 Å². The number of fused-ring (bicyclic) bond motifs is 1. The van der Waals surface area contributed by atoms with Crippen molar-refractivity contribution in [3.05, 3.63) is 118 Å². The number of piperidine rings is 1. The molecule has 1 fully saturated rings. The highest BCUT2D eigenvalue weighted by Crippen LogP contribution is 2.32. The second-order valence-electron chi connectivity index (χ2n) is 11.6. The second kappa shape index (κ2) is 13.1. The molecule has 0 radical (unpaired) electrons. The fourth-order valence-electron chi connectivity index (χ4n) is 6.23. The van der Waals surface area contributed by atoms with E-state index in [9.17, 15) is 9.90 Å². The van der Waals surface area contributed by atoms with E-state index in [-0.39, 0.29) is 18.2 Å². The molecule has 1 saturated heterocycles. The number of ether oxygens (including phenoxy) is 1. The van der Waals surface area contributed by atoms with E-state index in [2.05, 4.69) is 44.8 Å². The number of rotatable bonds is 6. The summed E-state index contributed by atoms with van der Waals surface area (Å²) in [5.41, 5.74) is 11.6. The van der Waals surface area contributed by atoms with E-state index in [0.717, 1.165) is 65.1 Å². The minimum atomic E-state index is -0.653. The lowest BCUT2D eigenvalue weighted by Crippen LogP contribution is -2.39. The highest BCUT2D eigenvalue weighted by Gasteiger charge is 2.26. The first kappa shape index (κ1) is 29.6. The second-order valence-corrected chi connectivity index (χ2v) is 11.6. The van der Waals surface area contributed by atoms with Crippen molar-refractivity contribution in [2.24, 2.45) is 5.10 Å². The number of anilines is 1. The van der Waals surface area contributed by atoms with E-state index >= 15 is 0 Å². The normalized spacial score (nSPS) is 21.6. The summed E-state index contributed by atoms with van der Waals surface area (Å²) in [6.45, 7) is 9.21. The maximum absolute atomic E-state index is 13.2. The van der Waals surface area contributed by atoms with Crippen LogP contribution in [0.1, 0.15) is 58.5 Å². The van der Waals surface area contributed by atoms with Gasteiger partial charge in [-0.15, -0.1) is 0 Å². The molecule has 9 nitrogen and oxygen atoms in total. The van der Waals surface area contributed by atoms with Crippen LogP contribution >= 0.6 is 0 Å². The maximum atomic E-state index is 13.2. The molecule has 0 spiro atoms. The molecular weight excluding hydrogens is 552 g/mol. The van der Waals surface area contributed by atoms with Gasteiger partial charge in [-0.25, -0.2) is 4.79 Å². The summed E-state index contributed by atoms with van der Waals surface area (Å²) in [6.07, 6.45) is 5.07. The number of aliphatic hydroxyl groups excluding tert-OH is 1. The number of hydrogen-bond acceptors (Lipinski definition) is 7. The Bertz CT molecular complexity index is 1550. The Kier molecular flexibility index (Phi) is 8.79. The van der Waals surface area contributed by atoms with Crippen LogP contribution in [0, 0.1) is 6.92 Å². The van der Waals surface area contributed by atoms with Gasteiger partial charge in [0.25, 0.3) is 0 Å². The molecule has 3 aromatic carbocycles. The Morgan fingerprint density at radius 2 is 1.75 bits per heavy atom. The van der Waals surface area contributed by atoms with Crippen LogP contribution in [0.3, 0.4) is 0 Å². The Morgan fingerprint density at radius 1 is 1.05 bits per heavy atom. The third kappa shape index (κ3) is 6.26. The summed E-state index contributed by atoms with van der Waals surface area (Å²) in [4.78, 5) is 17.1. The number of methoxy groups -OCH3 is 1. The lowest BCUT2D eigenvalue weighted by atomic mass is 9.93. The van der Waals surface area contributed by atoms with Crippen LogP contribution in [0.5, 0.6) is 0 Å². The largest absolute Gasteiger partial charge is 0.381 e. The fourth-order valence-corrected chi connectivity index (χ4v) is 6.23. The zero-order valence-corrected chi connectivity index (χ0v) is 25.3. The number of likely N-dealkylation sites (tertiary alicyclic amines) is 1. The standard InChI is InChI=1S/C35H40N6O3/c1-23-19-32(25-11-13-26(14-12-25)34(42)40-17-15-29(44-3)16-18-40)39-37-22-36-33(23)30-9-6-10-31(24(30)2)38-35(43)41-20-27-7-4-5-8-28(27)21-41/h4-14,19,22,29,33-34,39,42H,1,15-18,20-21H2,2-3H3,(H,36,37)(H,38,43)/b32-19-/t33-,34?/m1/s1. The Hall–Kier alpha value is -4.44. The van der Waals surface area contributed by atoms with Crippen molar-refractivity contribution in [2.75, 3.05) is 25.5 Å². The molecule has 0 bridgehead atoms. The maximum Gasteiger partial charge on any atom is 0.322 e. The van der Waals surface area contributed by atoms with Crippen molar-refractivity contribution in [1.82, 2.24) is 20.5 Å². The molecule has 3 aromatic rings. The molecule has 1 unspecified atom stereocenters. The third-order valence-corrected chi connectivity index (χ3v) is 8.92. The summed E-state index contributed by atoms with van der Waals surface area (Å²) < 4.78 is 5.47. The van der Waals surface area contributed by atoms with Gasteiger partial charge in [0.2, 0.25) is 0 Å². The Labute approximate surface area is 258 Å². The number of urea groups is 1. The van der Waals surface area contributed by atoms with Gasteiger partial charge in [-0.1, -0.05) is 67.2 Å². The highest BCUT2D eigenvalue weighted by molar-refractivity contribution is 5.91. The lowest BCUT2D eigenvalue weighted by molar-refractivity contribution is -0.0436. The van der Waals surface area contributed by atoms with Gasteiger partial charge in [-0.3, -0.25) is 10.3 Å². The first-order valence-electron chi connectivity index (χ1n) is 15.1. The summed E-state index contributed by atoms with van der Waals surface area (Å²) in [5.74, 6) is 0. The number of amides is 2. The van der Waals surface area contributed by atoms with Crippen LogP contribution < -0.4 is 16.1 Å². The summed E-state index contributed by atoms with van der Waals surface area (Å²) in [6, 6.07) is 21.6. The van der Waals surface area contributed by atoms with Crippen molar-refractivity contribution in [1.29, 1.82) is 0 Å². The van der Waals surface area contributed by atoms with Crippen LogP contribution in [0.15, 0.2) is 90.1 Å². The SMILES string of the molecule is C=C1/C=C(/c2ccc(C(O)N3CCC(OC)CC3)cc2)N/N=C\N[C@H]1c1cccc(NC(=O)N2Cc3ccccc3C2)c1C. The van der Waals surface area contributed by atoms with E-state index in [1.807, 2.05) is 72.5 Å². The molecule has 0 saturated carbocycles. The van der Waals surface area contributed by atoms with Crippen molar-refractivity contribution < 1.29 is 14.6 Å². The summed E-state index contributed by atoms with van der Waals surface area (Å²) >= 11 is 0. The van der Waals surface area contributed by atoms with E-state index in [1.54, 1.807) is 13.4 Å². The van der Waals surface area contributed by atoms with Gasteiger partial charge in [-0.05, 0) is 70.9 Å². The van der Waals surface area contributed by atoms with Crippen LogP contribution in [0.25, 0.3) is 5.70 Å². The predicted molar refractivity (Wildman–Crippen MR) is 174 cm³/mol. The smallest absolute Gasteiger partial charge is 0.322 e. The number of benzene rings is 3. The van der Waals surface area contributed by atoms with Gasteiger partial charge >= 0.3 is 6.03 Å². The zero-order valence-electron chi connectivity index (χ0n) is 25.3. The van der Waals surface area contributed by atoms with Crippen molar-refractivity contribution in [3.8, 4) is 0 Å². The van der Waals surface area contributed by atoms with E-state index < -0.39 is 6.23 Å². The minimum Gasteiger partial charge on any atom is -0.381 e. The molecule has 2 amide bonds. The number of nitrogens with zero attached hydrogens (tertiary/aromatic N) is 3. The minimum absolute atomic E-state index is 0.119. The first-order valence-corrected chi connectivity index (χ1v) is 15.1. The molecule has 3 aliphatic heterocycles. The van der Waals surface area contributed by atoms with Gasteiger partial charge in [0, 0.05) is 39.0 Å². The number of hydrogen-bond donors (Lipinski definition) is 4. The van der Waals surface area contributed by atoms with E-state index in [4.69, 9.17) is 4.74 Å². The molecule has 6 rings (SSSR count). The van der Waals surface area contributed by atoms with Gasteiger partial charge in [0.05, 0.1) is 17.8 Å². The molecule has 228 valence electrons. The average molecular weight is 593 g/mol. The number of aliphatic hydroxyl groups is 1. The molecule has 0 aromatic heterocycles. The van der Waals surface area contributed by atoms with Crippen LogP contribution in [-0.2, 0) is 17.8 Å². The number of nitrogens with one attached hydrogen (secondary N) is 3. The third-order valence-electron chi connectivity index (χ3n) is 8.92. The molecular formula is C35H40N6O3. The Morgan fingerprint density at radius 3 is 2.43 bits per heavy atom. The number of hydrazone groups is 1. The fraction of sp³-hybridized carbons (Fsp3) is 0.314. The highest BCUT2D eigenvalue weighted by atomic mass is 16.5. The monoisotopic (exact) mass is 592 g/mol. The van der Waals surface area contributed by atoms with Crippen LogP contribution in [-0.4, -0.2) is 53.6 Å². The molecule has 44 heavy (non-hydrogen) atoms. The van der Waals surface area contributed by atoms with E-state index in [1.165, 1.54) is 11.1 Å². The van der Waals surface area contributed by atoms with Gasteiger partial charge in [-0.2, -0.15) is 5.10 Å². The zero-order chi connectivity index (χ0) is 30.6. The van der Waals surface area contributed by atoms with Crippen molar-refractivity contribution in [2.45, 2.75) is 51.2 Å². The topological polar surface area (TPSA) is 101 Å². The first-order chi connectivity index (χ1) is 21.4. The molecule has 2 atom stereocenters. The van der Waals surface area contributed by atoms with Gasteiger partial charge < -0.3 is 25.4 Å². The van der Waals surface area contributed by atoms with Crippen LogP contribution in [0.4, 0.5) is 10.5 Å². The average Bonchev–Trinajstić information content (AvgIpc) is 3.49. The van der Waals surface area contributed by atoms with E-state index in [0.29, 0.717) is 13.1 Å². The van der Waals surface area contributed by atoms with Crippen molar-refractivity contribution in [3.63, 3.8) is 0 Å². The molecule has 3 heterocycles. The molecule has 9 heteroatoms. The van der Waals surface area contributed by atoms with Crippen LogP contribution in [0.2, 0.25) is 0 Å². The molecule has 4 N–H and O–H groups in total. The number of carbonyl (C=O) groups is 1. The Balaban J connectivity index is 1.15. The number of carbonyl (C=O) groups excluding carboxylic acids is 1.